The highest BCUT2D eigenvalue weighted by Crippen LogP contribution is 2.36. The molecule has 1 saturated heterocycles. The fourth-order valence-corrected chi connectivity index (χ4v) is 6.89. The summed E-state index contributed by atoms with van der Waals surface area (Å²) in [5.74, 6) is -0.0442. The summed E-state index contributed by atoms with van der Waals surface area (Å²) in [5, 5.41) is 2.13. The number of amides is 1. The van der Waals surface area contributed by atoms with Crippen LogP contribution in [-0.2, 0) is 22.3 Å². The normalized spacial score (nSPS) is 18.9. The lowest BCUT2D eigenvalue weighted by atomic mass is 9.83. The van der Waals surface area contributed by atoms with Crippen molar-refractivity contribution in [2.24, 2.45) is 5.92 Å². The van der Waals surface area contributed by atoms with Crippen molar-refractivity contribution >= 4 is 32.4 Å². The molecule has 6 rings (SSSR count). The van der Waals surface area contributed by atoms with Crippen molar-refractivity contribution in [1.29, 1.82) is 0 Å². The zero-order chi connectivity index (χ0) is 25.6. The highest BCUT2D eigenvalue weighted by atomic mass is 32.2. The zero-order valence-corrected chi connectivity index (χ0v) is 21.0. The molecule has 0 aliphatic carbocycles. The van der Waals surface area contributed by atoms with Crippen LogP contribution in [0.4, 0.5) is 5.69 Å². The number of hydrogen-bond acceptors (Lipinski definition) is 4. The van der Waals surface area contributed by atoms with E-state index >= 15 is 0 Å². The molecule has 0 spiro atoms. The van der Waals surface area contributed by atoms with Crippen molar-refractivity contribution in [3.05, 3.63) is 112 Å². The summed E-state index contributed by atoms with van der Waals surface area (Å²) in [6.45, 7) is 1.55. The molecule has 37 heavy (non-hydrogen) atoms. The molecule has 2 atom stereocenters. The number of aromatic nitrogens is 1. The molecule has 0 saturated carbocycles. The molecule has 0 radical (unpaired) electrons. The van der Waals surface area contributed by atoms with E-state index in [0.717, 1.165) is 22.9 Å². The highest BCUT2D eigenvalue weighted by Gasteiger charge is 2.37. The van der Waals surface area contributed by atoms with E-state index in [-0.39, 0.29) is 34.7 Å². The van der Waals surface area contributed by atoms with Crippen LogP contribution in [0.5, 0.6) is 0 Å². The number of hydrogen-bond donors (Lipinski definition) is 1. The number of anilines is 1. The number of carbonyl (C=O) groups is 1. The molecule has 2 aliphatic rings. The zero-order valence-electron chi connectivity index (χ0n) is 20.2. The van der Waals surface area contributed by atoms with Crippen LogP contribution < -0.4 is 10.3 Å². The predicted octanol–water partition coefficient (Wildman–Crippen LogP) is 4.20. The van der Waals surface area contributed by atoms with E-state index in [0.29, 0.717) is 30.8 Å². The Hall–Kier alpha value is -3.91. The topological polar surface area (TPSA) is 88.5 Å². The van der Waals surface area contributed by atoms with Gasteiger partial charge in [-0.05, 0) is 52.9 Å². The Kier molecular flexibility index (Phi) is 5.83. The largest absolute Gasteiger partial charge is 0.338 e. The standard InChI is InChI=1S/C29H27N3O4S/c33-28(24-11-10-22-8-4-5-9-23(22)15-24)31-16-21-14-25(18-31)27-13-12-26(29(34)32(27)17-21)30-37(35,36)19-20-6-2-1-3-7-20/h1-13,15,21,25,30H,14,16-19H2/t21-,25+/m0/s1. The summed E-state index contributed by atoms with van der Waals surface area (Å²) in [6, 6.07) is 26.0. The van der Waals surface area contributed by atoms with E-state index in [9.17, 15) is 18.0 Å². The van der Waals surface area contributed by atoms with Gasteiger partial charge >= 0.3 is 0 Å². The van der Waals surface area contributed by atoms with E-state index < -0.39 is 10.0 Å². The first-order chi connectivity index (χ1) is 17.9. The molecule has 1 fully saturated rings. The van der Waals surface area contributed by atoms with Crippen LogP contribution in [0.2, 0.25) is 0 Å². The summed E-state index contributed by atoms with van der Waals surface area (Å²) in [7, 11) is -3.74. The molecule has 1 aromatic heterocycles. The monoisotopic (exact) mass is 513 g/mol. The molecule has 188 valence electrons. The van der Waals surface area contributed by atoms with Crippen LogP contribution in [0.25, 0.3) is 10.8 Å². The number of benzene rings is 3. The Bertz CT molecular complexity index is 1660. The molecule has 1 amide bonds. The molecule has 0 unspecified atom stereocenters. The minimum absolute atomic E-state index is 0.00143. The van der Waals surface area contributed by atoms with Gasteiger partial charge in [0.25, 0.3) is 11.5 Å². The molecular weight excluding hydrogens is 486 g/mol. The van der Waals surface area contributed by atoms with Gasteiger partial charge in [-0.2, -0.15) is 0 Å². The first-order valence-corrected chi connectivity index (χ1v) is 14.1. The van der Waals surface area contributed by atoms with Crippen LogP contribution in [0.1, 0.15) is 34.0 Å². The Labute approximate surface area is 215 Å². The summed E-state index contributed by atoms with van der Waals surface area (Å²) in [4.78, 5) is 28.6. The third-order valence-corrected chi connectivity index (χ3v) is 8.60. The molecule has 7 nitrogen and oxygen atoms in total. The quantitative estimate of drug-likeness (QED) is 0.433. The van der Waals surface area contributed by atoms with Gasteiger partial charge in [0, 0.05) is 36.8 Å². The average molecular weight is 514 g/mol. The van der Waals surface area contributed by atoms with Gasteiger partial charge in [0.2, 0.25) is 10.0 Å². The van der Waals surface area contributed by atoms with Crippen LogP contribution in [0.3, 0.4) is 0 Å². The van der Waals surface area contributed by atoms with E-state index in [4.69, 9.17) is 0 Å². The third-order valence-electron chi connectivity index (χ3n) is 7.35. The summed E-state index contributed by atoms with van der Waals surface area (Å²) in [5.41, 5.74) is 1.89. The Morgan fingerprint density at radius 3 is 2.43 bits per heavy atom. The van der Waals surface area contributed by atoms with Crippen LogP contribution >= 0.6 is 0 Å². The van der Waals surface area contributed by atoms with Crippen molar-refractivity contribution in [2.45, 2.75) is 24.6 Å². The van der Waals surface area contributed by atoms with E-state index in [2.05, 4.69) is 4.72 Å². The van der Waals surface area contributed by atoms with Gasteiger partial charge in [-0.1, -0.05) is 60.7 Å². The minimum Gasteiger partial charge on any atom is -0.338 e. The number of nitrogens with zero attached hydrogens (tertiary/aromatic N) is 2. The molecule has 2 bridgehead atoms. The van der Waals surface area contributed by atoms with Gasteiger partial charge < -0.3 is 9.47 Å². The lowest BCUT2D eigenvalue weighted by Crippen LogP contribution is -2.49. The van der Waals surface area contributed by atoms with Crippen molar-refractivity contribution in [3.8, 4) is 0 Å². The summed E-state index contributed by atoms with van der Waals surface area (Å²) >= 11 is 0. The maximum atomic E-state index is 13.4. The maximum absolute atomic E-state index is 13.4. The van der Waals surface area contributed by atoms with Crippen molar-refractivity contribution in [3.63, 3.8) is 0 Å². The molecule has 2 aliphatic heterocycles. The first kappa shape index (κ1) is 23.5. The van der Waals surface area contributed by atoms with Crippen LogP contribution in [0.15, 0.2) is 89.7 Å². The number of sulfonamides is 1. The second-order valence-corrected chi connectivity index (χ2v) is 11.7. The van der Waals surface area contributed by atoms with Gasteiger partial charge in [-0.25, -0.2) is 8.42 Å². The van der Waals surface area contributed by atoms with Crippen molar-refractivity contribution in [2.75, 3.05) is 17.8 Å². The number of likely N-dealkylation sites (tertiary alicyclic amines) is 1. The molecular formula is C29H27N3O4S. The fraction of sp³-hybridized carbons (Fsp3) is 0.241. The molecule has 1 N–H and O–H groups in total. The molecule has 3 aromatic carbocycles. The second-order valence-electron chi connectivity index (χ2n) is 10.0. The Balaban J connectivity index is 1.22. The van der Waals surface area contributed by atoms with Crippen molar-refractivity contribution in [1.82, 2.24) is 9.47 Å². The SMILES string of the molecule is O=C(c1ccc2ccccc2c1)N1C[C@@H]2C[C@H](C1)c1ccc(NS(=O)(=O)Cc3ccccc3)c(=O)n1C2. The highest BCUT2D eigenvalue weighted by molar-refractivity contribution is 7.91. The van der Waals surface area contributed by atoms with E-state index in [1.54, 1.807) is 34.9 Å². The van der Waals surface area contributed by atoms with Gasteiger partial charge in [0.05, 0.1) is 5.75 Å². The first-order valence-electron chi connectivity index (χ1n) is 12.4. The molecule has 4 aromatic rings. The van der Waals surface area contributed by atoms with Gasteiger partial charge in [0.1, 0.15) is 5.69 Å². The molecule has 8 heteroatoms. The van der Waals surface area contributed by atoms with Crippen LogP contribution in [0, 0.1) is 5.92 Å². The lowest BCUT2D eigenvalue weighted by molar-refractivity contribution is 0.0595. The lowest BCUT2D eigenvalue weighted by Gasteiger charge is -2.43. The Morgan fingerprint density at radius 2 is 1.62 bits per heavy atom. The Morgan fingerprint density at radius 1 is 0.865 bits per heavy atom. The van der Waals surface area contributed by atoms with Gasteiger partial charge in [0.15, 0.2) is 0 Å². The van der Waals surface area contributed by atoms with Crippen LogP contribution in [-0.4, -0.2) is 36.9 Å². The number of pyridine rings is 1. The fourth-order valence-electron chi connectivity index (χ4n) is 5.69. The maximum Gasteiger partial charge on any atom is 0.275 e. The molecule has 3 heterocycles. The number of fused-ring (bicyclic) bond motifs is 5. The average Bonchev–Trinajstić information content (AvgIpc) is 2.90. The van der Waals surface area contributed by atoms with Gasteiger partial charge in [-0.3, -0.25) is 14.3 Å². The second kappa shape index (κ2) is 9.19. The van der Waals surface area contributed by atoms with E-state index in [1.807, 2.05) is 59.5 Å². The predicted molar refractivity (Wildman–Crippen MR) is 144 cm³/mol. The number of carbonyl (C=O) groups excluding carboxylic acids is 1. The third kappa shape index (κ3) is 4.64. The van der Waals surface area contributed by atoms with Gasteiger partial charge in [-0.15, -0.1) is 0 Å². The van der Waals surface area contributed by atoms with E-state index in [1.165, 1.54) is 0 Å². The summed E-state index contributed by atoms with van der Waals surface area (Å²) < 4.78 is 29.6. The minimum atomic E-state index is -3.74. The van der Waals surface area contributed by atoms with Crippen molar-refractivity contribution < 1.29 is 13.2 Å². The number of nitrogens with one attached hydrogen (secondary N) is 1. The number of piperidine rings is 1. The smallest absolute Gasteiger partial charge is 0.275 e. The number of rotatable bonds is 5. The summed E-state index contributed by atoms with van der Waals surface area (Å²) in [6.07, 6.45) is 0.903.